The minimum absolute atomic E-state index is 0.0199. The van der Waals surface area contributed by atoms with Gasteiger partial charge in [0, 0.05) is 28.9 Å². The molecular formula is C17H19ClN2O. The molecule has 1 aromatic heterocycles. The van der Waals surface area contributed by atoms with Crippen LogP contribution in [0.3, 0.4) is 0 Å². The van der Waals surface area contributed by atoms with E-state index < -0.39 is 0 Å². The maximum Gasteiger partial charge on any atom is 0.248 e. The van der Waals surface area contributed by atoms with E-state index in [9.17, 15) is 4.79 Å². The SMILES string of the molecule is CC(NC1CCCc2[nH]c(=O)ccc21)c1ccccc1Cl. The molecule has 0 saturated heterocycles. The van der Waals surface area contributed by atoms with Crippen molar-refractivity contribution >= 4 is 11.6 Å². The zero-order valence-corrected chi connectivity index (χ0v) is 12.8. The predicted molar refractivity (Wildman–Crippen MR) is 85.7 cm³/mol. The normalized spacial score (nSPS) is 19.0. The van der Waals surface area contributed by atoms with E-state index in [-0.39, 0.29) is 17.6 Å². The number of aromatic nitrogens is 1. The van der Waals surface area contributed by atoms with E-state index in [1.54, 1.807) is 6.07 Å². The Bertz CT molecular complexity index is 695. The summed E-state index contributed by atoms with van der Waals surface area (Å²) in [6, 6.07) is 11.9. The molecule has 0 aliphatic heterocycles. The number of H-pyrrole nitrogens is 1. The van der Waals surface area contributed by atoms with Gasteiger partial charge in [0.1, 0.15) is 0 Å². The van der Waals surface area contributed by atoms with Crippen LogP contribution in [-0.2, 0) is 6.42 Å². The van der Waals surface area contributed by atoms with Crippen molar-refractivity contribution in [2.24, 2.45) is 0 Å². The monoisotopic (exact) mass is 302 g/mol. The third kappa shape index (κ3) is 3.04. The molecule has 1 aliphatic rings. The van der Waals surface area contributed by atoms with Crippen LogP contribution in [0, 0.1) is 0 Å². The molecule has 2 atom stereocenters. The summed E-state index contributed by atoms with van der Waals surface area (Å²) < 4.78 is 0. The van der Waals surface area contributed by atoms with Crippen LogP contribution in [0.2, 0.25) is 5.02 Å². The van der Waals surface area contributed by atoms with E-state index in [0.29, 0.717) is 0 Å². The summed E-state index contributed by atoms with van der Waals surface area (Å²) in [6.07, 6.45) is 3.11. The largest absolute Gasteiger partial charge is 0.326 e. The van der Waals surface area contributed by atoms with Gasteiger partial charge in [-0.05, 0) is 43.4 Å². The molecule has 2 N–H and O–H groups in total. The third-order valence-electron chi connectivity index (χ3n) is 4.15. The Morgan fingerprint density at radius 2 is 2.10 bits per heavy atom. The zero-order valence-electron chi connectivity index (χ0n) is 12.0. The first-order chi connectivity index (χ1) is 10.1. The molecule has 0 bridgehead atoms. The summed E-state index contributed by atoms with van der Waals surface area (Å²) in [6.45, 7) is 2.13. The number of hydrogen-bond acceptors (Lipinski definition) is 2. The van der Waals surface area contributed by atoms with Crippen molar-refractivity contribution in [1.29, 1.82) is 0 Å². The maximum absolute atomic E-state index is 11.4. The standard InChI is InChI=1S/C17H19ClN2O/c1-11(12-5-2-3-6-14(12)18)19-15-7-4-8-16-13(15)9-10-17(21)20-16/h2-3,5-6,9-11,15,19H,4,7-8H2,1H3,(H,20,21). The van der Waals surface area contributed by atoms with Crippen LogP contribution >= 0.6 is 11.6 Å². The molecule has 0 saturated carbocycles. The van der Waals surface area contributed by atoms with Gasteiger partial charge < -0.3 is 10.3 Å². The summed E-state index contributed by atoms with van der Waals surface area (Å²) in [7, 11) is 0. The number of hydrogen-bond donors (Lipinski definition) is 2. The molecule has 4 heteroatoms. The molecule has 0 radical (unpaired) electrons. The Balaban J connectivity index is 1.84. The third-order valence-corrected chi connectivity index (χ3v) is 4.50. The van der Waals surface area contributed by atoms with Crippen LogP contribution in [0.5, 0.6) is 0 Å². The van der Waals surface area contributed by atoms with Crippen molar-refractivity contribution in [2.45, 2.75) is 38.3 Å². The second-order valence-electron chi connectivity index (χ2n) is 5.61. The summed E-state index contributed by atoms with van der Waals surface area (Å²) in [5.74, 6) is 0. The van der Waals surface area contributed by atoms with Gasteiger partial charge in [0.25, 0.3) is 0 Å². The van der Waals surface area contributed by atoms with Gasteiger partial charge in [-0.15, -0.1) is 0 Å². The highest BCUT2D eigenvalue weighted by atomic mass is 35.5. The van der Waals surface area contributed by atoms with Gasteiger partial charge in [-0.25, -0.2) is 0 Å². The molecule has 1 heterocycles. The quantitative estimate of drug-likeness (QED) is 0.907. The predicted octanol–water partition coefficient (Wildman–Crippen LogP) is 3.76. The van der Waals surface area contributed by atoms with Crippen LogP contribution in [0.15, 0.2) is 41.2 Å². The van der Waals surface area contributed by atoms with E-state index in [4.69, 9.17) is 11.6 Å². The lowest BCUT2D eigenvalue weighted by Crippen LogP contribution is -2.29. The van der Waals surface area contributed by atoms with Gasteiger partial charge in [0.05, 0.1) is 0 Å². The number of aryl methyl sites for hydroxylation is 1. The number of halogens is 1. The molecule has 0 amide bonds. The first-order valence-electron chi connectivity index (χ1n) is 7.37. The molecule has 3 rings (SSSR count). The molecule has 2 unspecified atom stereocenters. The number of pyridine rings is 1. The average Bonchev–Trinajstić information content (AvgIpc) is 2.47. The smallest absolute Gasteiger partial charge is 0.248 e. The minimum Gasteiger partial charge on any atom is -0.326 e. The Morgan fingerprint density at radius 1 is 1.29 bits per heavy atom. The number of nitrogens with one attached hydrogen (secondary N) is 2. The second kappa shape index (κ2) is 6.04. The molecule has 3 nitrogen and oxygen atoms in total. The fraction of sp³-hybridized carbons (Fsp3) is 0.353. The van der Waals surface area contributed by atoms with Crippen molar-refractivity contribution in [2.75, 3.05) is 0 Å². The Kier molecular flexibility index (Phi) is 4.13. The summed E-state index contributed by atoms with van der Waals surface area (Å²) >= 11 is 6.27. The lowest BCUT2D eigenvalue weighted by molar-refractivity contribution is 0.411. The molecule has 2 aromatic rings. The van der Waals surface area contributed by atoms with Crippen molar-refractivity contribution < 1.29 is 0 Å². The molecule has 110 valence electrons. The molecule has 0 fully saturated rings. The summed E-state index contributed by atoms with van der Waals surface area (Å²) in [4.78, 5) is 14.4. The Morgan fingerprint density at radius 3 is 2.90 bits per heavy atom. The summed E-state index contributed by atoms with van der Waals surface area (Å²) in [5.41, 5.74) is 3.36. The first kappa shape index (κ1) is 14.4. The van der Waals surface area contributed by atoms with Crippen molar-refractivity contribution in [1.82, 2.24) is 10.3 Å². The Hall–Kier alpha value is -1.58. The second-order valence-corrected chi connectivity index (χ2v) is 6.02. The lowest BCUT2D eigenvalue weighted by Gasteiger charge is -2.29. The number of fused-ring (bicyclic) bond motifs is 1. The highest BCUT2D eigenvalue weighted by Crippen LogP contribution is 2.31. The topological polar surface area (TPSA) is 44.9 Å². The van der Waals surface area contributed by atoms with Crippen LogP contribution in [0.4, 0.5) is 0 Å². The number of aromatic amines is 1. The van der Waals surface area contributed by atoms with Crippen molar-refractivity contribution in [3.05, 3.63) is 68.6 Å². The van der Waals surface area contributed by atoms with Crippen molar-refractivity contribution in [3.63, 3.8) is 0 Å². The van der Waals surface area contributed by atoms with E-state index in [1.165, 1.54) is 5.56 Å². The molecule has 1 aromatic carbocycles. The fourth-order valence-corrected chi connectivity index (χ4v) is 3.39. The van der Waals surface area contributed by atoms with E-state index in [2.05, 4.69) is 23.3 Å². The fourth-order valence-electron chi connectivity index (χ4n) is 3.09. The average molecular weight is 303 g/mol. The van der Waals surface area contributed by atoms with Gasteiger partial charge >= 0.3 is 0 Å². The van der Waals surface area contributed by atoms with Crippen LogP contribution < -0.4 is 10.9 Å². The highest BCUT2D eigenvalue weighted by molar-refractivity contribution is 6.31. The molecule has 21 heavy (non-hydrogen) atoms. The van der Waals surface area contributed by atoms with Crippen LogP contribution in [0.1, 0.15) is 48.7 Å². The van der Waals surface area contributed by atoms with Gasteiger partial charge in [-0.1, -0.05) is 35.9 Å². The van der Waals surface area contributed by atoms with Gasteiger partial charge in [0.15, 0.2) is 0 Å². The highest BCUT2D eigenvalue weighted by Gasteiger charge is 2.23. The number of benzene rings is 1. The zero-order chi connectivity index (χ0) is 14.8. The Labute approximate surface area is 129 Å². The van der Waals surface area contributed by atoms with E-state index in [1.807, 2.05) is 24.3 Å². The molecule has 1 aliphatic carbocycles. The van der Waals surface area contributed by atoms with Gasteiger partial charge in [-0.3, -0.25) is 4.79 Å². The van der Waals surface area contributed by atoms with Crippen molar-refractivity contribution in [3.8, 4) is 0 Å². The summed E-state index contributed by atoms with van der Waals surface area (Å²) in [5, 5.41) is 4.43. The molecule has 0 spiro atoms. The van der Waals surface area contributed by atoms with E-state index >= 15 is 0 Å². The van der Waals surface area contributed by atoms with E-state index in [0.717, 1.165) is 35.5 Å². The van der Waals surface area contributed by atoms with Crippen LogP contribution in [-0.4, -0.2) is 4.98 Å². The van der Waals surface area contributed by atoms with Crippen LogP contribution in [0.25, 0.3) is 0 Å². The first-order valence-corrected chi connectivity index (χ1v) is 7.75. The molecular weight excluding hydrogens is 284 g/mol. The van der Waals surface area contributed by atoms with Gasteiger partial charge in [0.2, 0.25) is 5.56 Å². The lowest BCUT2D eigenvalue weighted by atomic mass is 9.90. The minimum atomic E-state index is -0.0199. The van der Waals surface area contributed by atoms with Gasteiger partial charge in [-0.2, -0.15) is 0 Å². The number of rotatable bonds is 3. The maximum atomic E-state index is 11.4.